The van der Waals surface area contributed by atoms with Crippen molar-refractivity contribution in [3.8, 4) is 11.8 Å². The monoisotopic (exact) mass is 321 g/mol. The third-order valence-electron chi connectivity index (χ3n) is 3.00. The fourth-order valence-corrected chi connectivity index (χ4v) is 1.92. The summed E-state index contributed by atoms with van der Waals surface area (Å²) in [5, 5.41) is 19.3. The number of aromatic nitrogens is 2. The zero-order valence-electron chi connectivity index (χ0n) is 11.0. The summed E-state index contributed by atoms with van der Waals surface area (Å²) in [6.45, 7) is 3.10. The molecule has 114 valence electrons. The van der Waals surface area contributed by atoms with Crippen molar-refractivity contribution in [2.45, 2.75) is 20.0 Å². The highest BCUT2D eigenvalue weighted by molar-refractivity contribution is 6.29. The van der Waals surface area contributed by atoms with Crippen LogP contribution in [0.25, 0.3) is 0 Å². The van der Waals surface area contributed by atoms with Crippen LogP contribution in [0.1, 0.15) is 16.7 Å². The molecule has 0 aliphatic carbocycles. The summed E-state index contributed by atoms with van der Waals surface area (Å²) in [5.74, 6) is -0.934. The van der Waals surface area contributed by atoms with Crippen molar-refractivity contribution in [3.05, 3.63) is 34.0 Å². The Labute approximate surface area is 122 Å². The number of nitrogens with zero attached hydrogens (tertiary/aromatic N) is 2. The molecule has 0 radical (unpaired) electrons. The first-order valence-electron chi connectivity index (χ1n) is 5.73. The van der Waals surface area contributed by atoms with Crippen LogP contribution in [0.4, 0.5) is 19.0 Å². The van der Waals surface area contributed by atoms with Gasteiger partial charge in [-0.2, -0.15) is 17.8 Å². The molecular formula is C12H11ClF3N3O2. The molecule has 0 bridgehead atoms. The number of anilines is 1. The summed E-state index contributed by atoms with van der Waals surface area (Å²) in [4.78, 5) is 3.68. The number of hydrogen-bond acceptors (Lipinski definition) is 4. The van der Waals surface area contributed by atoms with Crippen LogP contribution in [-0.2, 0) is 6.18 Å². The number of nitrogens with one attached hydrogen (secondary N) is 1. The fraction of sp³-hybridized carbons (Fsp3) is 0.250. The maximum Gasteiger partial charge on any atom is 0.416 e. The summed E-state index contributed by atoms with van der Waals surface area (Å²) in [7, 11) is 0. The SMILES string of the molecule is Cc1c(C)c(O)n(Nc2cc(C(F)(F)F)cc(Cl)n2)c1O. The van der Waals surface area contributed by atoms with E-state index >= 15 is 0 Å². The predicted molar refractivity (Wildman–Crippen MR) is 70.5 cm³/mol. The van der Waals surface area contributed by atoms with Crippen molar-refractivity contribution in [2.75, 3.05) is 5.43 Å². The Kier molecular flexibility index (Phi) is 3.66. The third kappa shape index (κ3) is 2.85. The van der Waals surface area contributed by atoms with Crippen LogP contribution in [0.15, 0.2) is 12.1 Å². The number of hydrogen-bond donors (Lipinski definition) is 3. The minimum absolute atomic E-state index is 0.268. The Balaban J connectivity index is 2.46. The van der Waals surface area contributed by atoms with E-state index in [9.17, 15) is 23.4 Å². The lowest BCUT2D eigenvalue weighted by atomic mass is 10.2. The lowest BCUT2D eigenvalue weighted by Crippen LogP contribution is -2.12. The standard InChI is InChI=1S/C12H11ClF3N3O2/c1-5-6(2)11(21)19(10(5)20)18-9-4-7(12(14,15)16)3-8(13)17-9/h3-4,20-21H,1-2H3,(H,17,18). The molecule has 2 rings (SSSR count). The van der Waals surface area contributed by atoms with Gasteiger partial charge in [0.05, 0.1) is 5.56 Å². The van der Waals surface area contributed by atoms with Crippen molar-refractivity contribution >= 4 is 17.4 Å². The Morgan fingerprint density at radius 1 is 1.14 bits per heavy atom. The van der Waals surface area contributed by atoms with Crippen molar-refractivity contribution in [3.63, 3.8) is 0 Å². The van der Waals surface area contributed by atoms with Crippen molar-refractivity contribution in [2.24, 2.45) is 0 Å². The van der Waals surface area contributed by atoms with E-state index in [1.54, 1.807) is 13.8 Å². The number of alkyl halides is 3. The average molecular weight is 322 g/mol. The molecule has 21 heavy (non-hydrogen) atoms. The molecule has 0 aliphatic rings. The van der Waals surface area contributed by atoms with Crippen LogP contribution >= 0.6 is 11.6 Å². The van der Waals surface area contributed by atoms with Crippen molar-refractivity contribution < 1.29 is 23.4 Å². The summed E-state index contributed by atoms with van der Waals surface area (Å²) in [6, 6.07) is 1.40. The van der Waals surface area contributed by atoms with E-state index in [0.717, 1.165) is 10.7 Å². The number of rotatable bonds is 2. The Morgan fingerprint density at radius 2 is 1.67 bits per heavy atom. The van der Waals surface area contributed by atoms with Gasteiger partial charge in [-0.25, -0.2) is 4.98 Å². The molecule has 0 saturated heterocycles. The topological polar surface area (TPSA) is 70.3 Å². The molecule has 5 nitrogen and oxygen atoms in total. The van der Waals surface area contributed by atoms with Gasteiger partial charge in [-0.05, 0) is 26.0 Å². The summed E-state index contributed by atoms with van der Waals surface area (Å²) in [6.07, 6.45) is -4.59. The summed E-state index contributed by atoms with van der Waals surface area (Å²) in [5.41, 5.74) is 2.16. The molecule has 9 heteroatoms. The van der Waals surface area contributed by atoms with Crippen LogP contribution in [0.5, 0.6) is 11.8 Å². The molecule has 2 aromatic rings. The lowest BCUT2D eigenvalue weighted by Gasteiger charge is -2.12. The fourth-order valence-electron chi connectivity index (χ4n) is 1.71. The molecule has 0 fully saturated rings. The highest BCUT2D eigenvalue weighted by Crippen LogP contribution is 2.34. The quantitative estimate of drug-likeness (QED) is 0.741. The highest BCUT2D eigenvalue weighted by Gasteiger charge is 2.31. The maximum absolute atomic E-state index is 12.7. The van der Waals surface area contributed by atoms with Gasteiger partial charge in [0, 0.05) is 11.1 Å². The van der Waals surface area contributed by atoms with E-state index < -0.39 is 11.7 Å². The lowest BCUT2D eigenvalue weighted by molar-refractivity contribution is -0.137. The summed E-state index contributed by atoms with van der Waals surface area (Å²) < 4.78 is 38.9. The minimum atomic E-state index is -4.59. The molecule has 0 saturated carbocycles. The average Bonchev–Trinajstić information content (AvgIpc) is 2.55. The molecule has 0 atom stereocenters. The smallest absolute Gasteiger partial charge is 0.416 e. The van der Waals surface area contributed by atoms with Gasteiger partial charge in [-0.1, -0.05) is 11.6 Å². The second-order valence-electron chi connectivity index (χ2n) is 4.41. The first kappa shape index (κ1) is 15.3. The zero-order chi connectivity index (χ0) is 15.9. The first-order chi connectivity index (χ1) is 9.61. The van der Waals surface area contributed by atoms with Gasteiger partial charge < -0.3 is 10.2 Å². The summed E-state index contributed by atoms with van der Waals surface area (Å²) >= 11 is 5.55. The van der Waals surface area contributed by atoms with E-state index in [4.69, 9.17) is 11.6 Å². The molecule has 2 aromatic heterocycles. The van der Waals surface area contributed by atoms with Gasteiger partial charge in [0.2, 0.25) is 11.8 Å². The van der Waals surface area contributed by atoms with Gasteiger partial charge in [0.15, 0.2) is 0 Å². The normalized spacial score (nSPS) is 11.7. The Morgan fingerprint density at radius 3 is 2.14 bits per heavy atom. The van der Waals surface area contributed by atoms with E-state index in [1.807, 2.05) is 0 Å². The molecule has 0 spiro atoms. The Hall–Kier alpha value is -2.09. The molecule has 2 heterocycles. The van der Waals surface area contributed by atoms with E-state index in [1.165, 1.54) is 0 Å². The van der Waals surface area contributed by atoms with Gasteiger partial charge in [0.1, 0.15) is 11.0 Å². The van der Waals surface area contributed by atoms with Crippen LogP contribution in [0.3, 0.4) is 0 Å². The highest BCUT2D eigenvalue weighted by atomic mass is 35.5. The van der Waals surface area contributed by atoms with Crippen molar-refractivity contribution in [1.82, 2.24) is 9.66 Å². The number of aromatic hydroxyl groups is 2. The van der Waals surface area contributed by atoms with E-state index in [-0.39, 0.29) is 22.7 Å². The molecular weight excluding hydrogens is 311 g/mol. The second-order valence-corrected chi connectivity index (χ2v) is 4.79. The maximum atomic E-state index is 12.7. The predicted octanol–water partition coefficient (Wildman–Crippen LogP) is 3.46. The number of pyridine rings is 1. The molecule has 3 N–H and O–H groups in total. The third-order valence-corrected chi connectivity index (χ3v) is 3.20. The molecule has 0 aliphatic heterocycles. The van der Waals surface area contributed by atoms with Gasteiger partial charge >= 0.3 is 6.18 Å². The van der Waals surface area contributed by atoms with Gasteiger partial charge in [0.25, 0.3) is 0 Å². The number of halogens is 4. The van der Waals surface area contributed by atoms with Crippen LogP contribution in [0.2, 0.25) is 5.15 Å². The minimum Gasteiger partial charge on any atom is -0.493 e. The van der Waals surface area contributed by atoms with Crippen molar-refractivity contribution in [1.29, 1.82) is 0 Å². The van der Waals surface area contributed by atoms with E-state index in [0.29, 0.717) is 17.2 Å². The molecule has 0 unspecified atom stereocenters. The first-order valence-corrected chi connectivity index (χ1v) is 6.10. The van der Waals surface area contributed by atoms with Gasteiger partial charge in [-0.15, -0.1) is 0 Å². The Bertz CT molecular complexity index is 673. The van der Waals surface area contributed by atoms with Crippen LogP contribution < -0.4 is 5.43 Å². The largest absolute Gasteiger partial charge is 0.493 e. The van der Waals surface area contributed by atoms with Crippen LogP contribution in [0, 0.1) is 13.8 Å². The van der Waals surface area contributed by atoms with Gasteiger partial charge in [-0.3, -0.25) is 5.43 Å². The van der Waals surface area contributed by atoms with Crippen LogP contribution in [-0.4, -0.2) is 19.9 Å². The zero-order valence-corrected chi connectivity index (χ0v) is 11.7. The van der Waals surface area contributed by atoms with E-state index in [2.05, 4.69) is 10.4 Å². The molecule has 0 amide bonds. The second kappa shape index (κ2) is 5.03. The molecule has 0 aromatic carbocycles.